The molecule has 3 aromatic rings. The van der Waals surface area contributed by atoms with Crippen LogP contribution in [0.1, 0.15) is 17.7 Å². The van der Waals surface area contributed by atoms with Crippen LogP contribution in [0.15, 0.2) is 60.8 Å². The highest BCUT2D eigenvalue weighted by atomic mass is 19.1. The van der Waals surface area contributed by atoms with E-state index in [1.165, 1.54) is 12.1 Å². The van der Waals surface area contributed by atoms with Gasteiger partial charge in [-0.1, -0.05) is 42.5 Å². The van der Waals surface area contributed by atoms with E-state index in [4.69, 9.17) is 0 Å². The minimum absolute atomic E-state index is 0.0672. The third-order valence-corrected chi connectivity index (χ3v) is 5.46. The highest BCUT2D eigenvalue weighted by molar-refractivity contribution is 5.74. The van der Waals surface area contributed by atoms with Crippen molar-refractivity contribution in [1.82, 2.24) is 19.8 Å². The summed E-state index contributed by atoms with van der Waals surface area (Å²) in [6, 6.07) is 16.3. The van der Waals surface area contributed by atoms with Crippen molar-refractivity contribution in [2.45, 2.75) is 26.4 Å². The molecule has 0 radical (unpaired) electrons. The lowest BCUT2D eigenvalue weighted by Crippen LogP contribution is -2.38. The molecule has 1 fully saturated rings. The first-order chi connectivity index (χ1) is 14.1. The Kier molecular flexibility index (Phi) is 5.60. The average molecular weight is 392 g/mol. The number of likely N-dealkylation sites (tertiary alicyclic amines) is 1. The van der Waals surface area contributed by atoms with E-state index in [1.54, 1.807) is 12.1 Å². The van der Waals surface area contributed by atoms with Gasteiger partial charge in [-0.2, -0.15) is 0 Å². The third kappa shape index (κ3) is 4.47. The van der Waals surface area contributed by atoms with E-state index in [2.05, 4.69) is 33.9 Å². The van der Waals surface area contributed by atoms with E-state index in [0.29, 0.717) is 12.5 Å². The van der Waals surface area contributed by atoms with Crippen LogP contribution >= 0.6 is 0 Å². The van der Waals surface area contributed by atoms with Crippen LogP contribution in [0, 0.1) is 18.7 Å². The lowest BCUT2D eigenvalue weighted by molar-refractivity contribution is 0.206. The minimum atomic E-state index is -0.271. The Morgan fingerprint density at radius 3 is 2.69 bits per heavy atom. The maximum absolute atomic E-state index is 13.0. The maximum atomic E-state index is 13.0. The summed E-state index contributed by atoms with van der Waals surface area (Å²) in [6.45, 7) is 4.79. The lowest BCUT2D eigenvalue weighted by Gasteiger charge is -2.19. The molecule has 1 aliphatic heterocycles. The number of hydrogen-bond donors (Lipinski definition) is 1. The Balaban J connectivity index is 1.35. The number of nitrogens with zero attached hydrogens (tertiary/aromatic N) is 3. The Bertz CT molecular complexity index is 968. The van der Waals surface area contributed by atoms with Gasteiger partial charge < -0.3 is 14.8 Å². The second-order valence-electron chi connectivity index (χ2n) is 7.59. The second-order valence-corrected chi connectivity index (χ2v) is 7.59. The zero-order chi connectivity index (χ0) is 20.2. The molecule has 1 unspecified atom stereocenters. The second kappa shape index (κ2) is 8.47. The van der Waals surface area contributed by atoms with Crippen LogP contribution in [0.3, 0.4) is 0 Å². The average Bonchev–Trinajstić information content (AvgIpc) is 3.36. The normalized spacial score (nSPS) is 16.2. The fourth-order valence-corrected chi connectivity index (χ4v) is 3.83. The van der Waals surface area contributed by atoms with E-state index in [0.717, 1.165) is 48.7 Å². The summed E-state index contributed by atoms with van der Waals surface area (Å²) in [7, 11) is 0. The fraction of sp³-hybridized carbons (Fsp3) is 0.304. The van der Waals surface area contributed by atoms with Crippen molar-refractivity contribution in [1.29, 1.82) is 0 Å². The molecule has 6 heteroatoms. The number of urea groups is 1. The molecule has 1 atom stereocenters. The first kappa shape index (κ1) is 19.2. The molecule has 0 aliphatic carbocycles. The molecule has 2 amide bonds. The van der Waals surface area contributed by atoms with E-state index < -0.39 is 0 Å². The number of aryl methyl sites for hydroxylation is 1. The summed E-state index contributed by atoms with van der Waals surface area (Å²) in [5.74, 6) is 1.09. The van der Waals surface area contributed by atoms with E-state index >= 15 is 0 Å². The topological polar surface area (TPSA) is 50.2 Å². The Morgan fingerprint density at radius 2 is 1.93 bits per heavy atom. The Morgan fingerprint density at radius 1 is 1.17 bits per heavy atom. The van der Waals surface area contributed by atoms with Crippen LogP contribution in [0.4, 0.5) is 9.18 Å². The van der Waals surface area contributed by atoms with Crippen LogP contribution in [0.2, 0.25) is 0 Å². The monoisotopic (exact) mass is 392 g/mol. The quantitative estimate of drug-likeness (QED) is 0.706. The van der Waals surface area contributed by atoms with Gasteiger partial charge in [0, 0.05) is 43.6 Å². The molecule has 150 valence electrons. The molecule has 2 aromatic carbocycles. The number of imidazole rings is 1. The lowest BCUT2D eigenvalue weighted by atomic mass is 10.1. The van der Waals surface area contributed by atoms with E-state index in [-0.39, 0.29) is 11.8 Å². The summed E-state index contributed by atoms with van der Waals surface area (Å²) in [4.78, 5) is 19.0. The van der Waals surface area contributed by atoms with Crippen molar-refractivity contribution >= 4 is 6.03 Å². The molecule has 1 aromatic heterocycles. The van der Waals surface area contributed by atoms with Crippen LogP contribution in [0.25, 0.3) is 11.4 Å². The maximum Gasteiger partial charge on any atom is 0.317 e. The molecule has 0 bridgehead atoms. The van der Waals surface area contributed by atoms with Crippen LogP contribution in [-0.4, -0.2) is 33.6 Å². The molecule has 4 rings (SSSR count). The van der Waals surface area contributed by atoms with Gasteiger partial charge in [-0.15, -0.1) is 0 Å². The first-order valence-corrected chi connectivity index (χ1v) is 9.95. The summed E-state index contributed by atoms with van der Waals surface area (Å²) in [5, 5.41) is 2.93. The SMILES string of the molecule is Cc1cnc(-c2ccccc2)n1CC1CCN(C(=O)NCc2ccc(F)cc2)C1. The van der Waals surface area contributed by atoms with Gasteiger partial charge in [0.15, 0.2) is 0 Å². The van der Waals surface area contributed by atoms with Crippen LogP contribution < -0.4 is 5.32 Å². The van der Waals surface area contributed by atoms with E-state index in [1.807, 2.05) is 29.3 Å². The molecule has 1 aliphatic rings. The predicted molar refractivity (Wildman–Crippen MR) is 111 cm³/mol. The van der Waals surface area contributed by atoms with Gasteiger partial charge in [0.1, 0.15) is 11.6 Å². The van der Waals surface area contributed by atoms with Gasteiger partial charge in [0.2, 0.25) is 0 Å². The molecule has 0 saturated carbocycles. The van der Waals surface area contributed by atoms with Crippen molar-refractivity contribution in [3.63, 3.8) is 0 Å². The number of halogens is 1. The Labute approximate surface area is 170 Å². The zero-order valence-corrected chi connectivity index (χ0v) is 16.5. The minimum Gasteiger partial charge on any atom is -0.334 e. The van der Waals surface area contributed by atoms with Gasteiger partial charge in [0.25, 0.3) is 0 Å². The molecule has 0 spiro atoms. The number of rotatable bonds is 5. The molecule has 1 N–H and O–H groups in total. The molecule has 5 nitrogen and oxygen atoms in total. The number of carbonyl (C=O) groups excluding carboxylic acids is 1. The number of amides is 2. The zero-order valence-electron chi connectivity index (χ0n) is 16.5. The Hall–Kier alpha value is -3.15. The largest absolute Gasteiger partial charge is 0.334 e. The number of benzene rings is 2. The highest BCUT2D eigenvalue weighted by Gasteiger charge is 2.27. The van der Waals surface area contributed by atoms with Gasteiger partial charge in [-0.05, 0) is 37.0 Å². The van der Waals surface area contributed by atoms with Crippen molar-refractivity contribution in [3.05, 3.63) is 77.9 Å². The van der Waals surface area contributed by atoms with Gasteiger partial charge in [0.05, 0.1) is 0 Å². The predicted octanol–water partition coefficient (Wildman–Crippen LogP) is 4.23. The molecule has 1 saturated heterocycles. The molecular weight excluding hydrogens is 367 g/mol. The fourth-order valence-electron chi connectivity index (χ4n) is 3.83. The van der Waals surface area contributed by atoms with E-state index in [9.17, 15) is 9.18 Å². The van der Waals surface area contributed by atoms with Gasteiger partial charge in [-0.25, -0.2) is 14.2 Å². The number of hydrogen-bond acceptors (Lipinski definition) is 2. The molecule has 29 heavy (non-hydrogen) atoms. The summed E-state index contributed by atoms with van der Waals surface area (Å²) in [6.07, 6.45) is 2.88. The van der Waals surface area contributed by atoms with Crippen molar-refractivity contribution in [2.75, 3.05) is 13.1 Å². The van der Waals surface area contributed by atoms with Crippen molar-refractivity contribution in [3.8, 4) is 11.4 Å². The summed E-state index contributed by atoms with van der Waals surface area (Å²) < 4.78 is 15.2. The van der Waals surface area contributed by atoms with Gasteiger partial charge in [-0.3, -0.25) is 0 Å². The molecule has 2 heterocycles. The summed E-state index contributed by atoms with van der Waals surface area (Å²) >= 11 is 0. The summed E-state index contributed by atoms with van der Waals surface area (Å²) in [5.41, 5.74) is 3.12. The number of carbonyl (C=O) groups is 1. The van der Waals surface area contributed by atoms with Gasteiger partial charge >= 0.3 is 6.03 Å². The number of aromatic nitrogens is 2. The number of nitrogens with one attached hydrogen (secondary N) is 1. The molecular formula is C23H25FN4O. The third-order valence-electron chi connectivity index (χ3n) is 5.46. The van der Waals surface area contributed by atoms with Crippen LogP contribution in [0.5, 0.6) is 0 Å². The smallest absolute Gasteiger partial charge is 0.317 e. The van der Waals surface area contributed by atoms with Crippen molar-refractivity contribution in [2.24, 2.45) is 5.92 Å². The standard InChI is InChI=1S/C23H25FN4O/c1-17-13-25-22(20-5-3-2-4-6-20)28(17)16-19-11-12-27(15-19)23(29)26-14-18-7-9-21(24)10-8-18/h2-10,13,19H,11-12,14-16H2,1H3,(H,26,29). The first-order valence-electron chi connectivity index (χ1n) is 9.95. The van der Waals surface area contributed by atoms with Crippen molar-refractivity contribution < 1.29 is 9.18 Å². The highest BCUT2D eigenvalue weighted by Crippen LogP contribution is 2.24. The van der Waals surface area contributed by atoms with Crippen LogP contribution in [-0.2, 0) is 13.1 Å².